The van der Waals surface area contributed by atoms with Crippen LogP contribution in [0.4, 0.5) is 0 Å². The summed E-state index contributed by atoms with van der Waals surface area (Å²) in [5.41, 5.74) is -0.442. The molecule has 0 fully saturated rings. The number of rotatable bonds is 1. The Kier molecular flexibility index (Phi) is 2.00. The predicted molar refractivity (Wildman–Crippen MR) is 49.0 cm³/mol. The van der Waals surface area contributed by atoms with Gasteiger partial charge in [0.2, 0.25) is 0 Å². The minimum Gasteiger partial charge on any atom is -0.546 e. The second-order valence-electron chi connectivity index (χ2n) is 3.74. The third-order valence-corrected chi connectivity index (χ3v) is 2.51. The van der Waals surface area contributed by atoms with Gasteiger partial charge in [0.25, 0.3) is 0 Å². The molecular weight excluding hydrogens is 196 g/mol. The van der Waals surface area contributed by atoms with Crippen molar-refractivity contribution >= 4 is 11.9 Å². The maximum absolute atomic E-state index is 11.5. The third kappa shape index (κ3) is 1.48. The molecule has 0 spiro atoms. The molecule has 0 aliphatic carbocycles. The number of benzene rings is 1. The Morgan fingerprint density at radius 1 is 1.47 bits per heavy atom. The van der Waals surface area contributed by atoms with E-state index in [1.165, 1.54) is 6.92 Å². The van der Waals surface area contributed by atoms with Crippen LogP contribution in [0.15, 0.2) is 24.3 Å². The summed E-state index contributed by atoms with van der Waals surface area (Å²) in [7, 11) is 0. The van der Waals surface area contributed by atoms with E-state index in [0.717, 1.165) is 0 Å². The van der Waals surface area contributed by atoms with Crippen LogP contribution in [0, 0.1) is 0 Å². The minimum atomic E-state index is -1.55. The molecule has 2 rings (SSSR count). The first kappa shape index (κ1) is 9.71. The summed E-state index contributed by atoms with van der Waals surface area (Å²) in [4.78, 5) is 22.3. The number of esters is 1. The van der Waals surface area contributed by atoms with Gasteiger partial charge in [-0.1, -0.05) is 18.2 Å². The molecule has 4 heteroatoms. The zero-order chi connectivity index (χ0) is 11.1. The molecule has 78 valence electrons. The molecule has 1 aliphatic heterocycles. The maximum atomic E-state index is 11.5. The largest absolute Gasteiger partial charge is 0.546 e. The summed E-state index contributed by atoms with van der Waals surface area (Å²) < 4.78 is 4.86. The number of hydrogen-bond acceptors (Lipinski definition) is 4. The Labute approximate surface area is 86.5 Å². The lowest BCUT2D eigenvalue weighted by Crippen LogP contribution is -2.52. The van der Waals surface area contributed by atoms with Crippen LogP contribution in [0.2, 0.25) is 0 Å². The molecule has 1 aromatic carbocycles. The van der Waals surface area contributed by atoms with Gasteiger partial charge < -0.3 is 14.6 Å². The molecule has 0 N–H and O–H groups in total. The molecule has 1 atom stereocenters. The van der Waals surface area contributed by atoms with E-state index in [1.807, 2.05) is 0 Å². The zero-order valence-corrected chi connectivity index (χ0v) is 8.15. The molecule has 0 bridgehead atoms. The van der Waals surface area contributed by atoms with Crippen LogP contribution in [-0.4, -0.2) is 17.5 Å². The van der Waals surface area contributed by atoms with Crippen LogP contribution in [0.25, 0.3) is 0 Å². The number of aliphatic carboxylic acids is 1. The lowest BCUT2D eigenvalue weighted by Gasteiger charge is -2.34. The molecule has 1 aliphatic rings. The van der Waals surface area contributed by atoms with Crippen LogP contribution >= 0.6 is 0 Å². The average molecular weight is 205 g/mol. The first-order chi connectivity index (χ1) is 7.03. The summed E-state index contributed by atoms with van der Waals surface area (Å²) in [6.07, 6.45) is 0.150. The Balaban J connectivity index is 2.47. The average Bonchev–Trinajstić information content (AvgIpc) is 2.17. The summed E-state index contributed by atoms with van der Waals surface area (Å²) in [6, 6.07) is 6.80. The molecule has 1 aromatic rings. The van der Waals surface area contributed by atoms with E-state index in [4.69, 9.17) is 4.74 Å². The standard InChI is InChI=1S/C11H10O4/c1-11(10(13)14)6-7-4-2-3-5-8(7)9(12)15-11/h2-5H,6H2,1H3,(H,13,14)/p-1/t11-/m1/s1. The highest BCUT2D eigenvalue weighted by Crippen LogP contribution is 2.27. The fourth-order valence-electron chi connectivity index (χ4n) is 1.65. The van der Waals surface area contributed by atoms with Crippen molar-refractivity contribution in [1.82, 2.24) is 0 Å². The van der Waals surface area contributed by atoms with Crippen LogP contribution in [0.1, 0.15) is 22.8 Å². The maximum Gasteiger partial charge on any atom is 0.339 e. The highest BCUT2D eigenvalue weighted by molar-refractivity contribution is 5.95. The highest BCUT2D eigenvalue weighted by Gasteiger charge is 2.37. The fourth-order valence-corrected chi connectivity index (χ4v) is 1.65. The van der Waals surface area contributed by atoms with Crippen LogP contribution in [-0.2, 0) is 16.0 Å². The van der Waals surface area contributed by atoms with Gasteiger partial charge in [-0.25, -0.2) is 4.79 Å². The number of hydrogen-bond donors (Lipinski definition) is 0. The Morgan fingerprint density at radius 2 is 2.13 bits per heavy atom. The Morgan fingerprint density at radius 3 is 2.80 bits per heavy atom. The predicted octanol–water partition coefficient (Wildman–Crippen LogP) is -0.0919. The van der Waals surface area contributed by atoms with Crippen LogP contribution < -0.4 is 5.11 Å². The minimum absolute atomic E-state index is 0.150. The number of carbonyl (C=O) groups excluding carboxylic acids is 2. The van der Waals surface area contributed by atoms with E-state index in [2.05, 4.69) is 0 Å². The molecular formula is C11H9O4-. The quantitative estimate of drug-likeness (QED) is 0.601. The van der Waals surface area contributed by atoms with E-state index in [-0.39, 0.29) is 6.42 Å². The number of cyclic esters (lactones) is 1. The molecule has 0 unspecified atom stereocenters. The van der Waals surface area contributed by atoms with Gasteiger partial charge in [-0.15, -0.1) is 0 Å². The van der Waals surface area contributed by atoms with Gasteiger partial charge in [-0.05, 0) is 18.6 Å². The molecule has 15 heavy (non-hydrogen) atoms. The van der Waals surface area contributed by atoms with E-state index in [1.54, 1.807) is 24.3 Å². The van der Waals surface area contributed by atoms with Gasteiger partial charge in [-0.3, -0.25) is 0 Å². The number of carboxylic acid groups (broad SMARTS) is 1. The molecule has 0 radical (unpaired) electrons. The smallest absolute Gasteiger partial charge is 0.339 e. The van der Waals surface area contributed by atoms with Crippen molar-refractivity contribution in [3.05, 3.63) is 35.4 Å². The molecule has 4 nitrogen and oxygen atoms in total. The normalized spacial score (nSPS) is 24.2. The number of carboxylic acids is 1. The van der Waals surface area contributed by atoms with Gasteiger partial charge in [-0.2, -0.15) is 0 Å². The topological polar surface area (TPSA) is 66.4 Å². The number of ether oxygens (including phenoxy) is 1. The van der Waals surface area contributed by atoms with E-state index >= 15 is 0 Å². The van der Waals surface area contributed by atoms with Crippen molar-refractivity contribution in [2.75, 3.05) is 0 Å². The summed E-state index contributed by atoms with van der Waals surface area (Å²) >= 11 is 0. The third-order valence-electron chi connectivity index (χ3n) is 2.51. The Bertz CT molecular complexity index is 438. The lowest BCUT2D eigenvalue weighted by molar-refractivity contribution is -0.323. The number of fused-ring (bicyclic) bond motifs is 1. The molecule has 0 amide bonds. The van der Waals surface area contributed by atoms with Crippen molar-refractivity contribution in [2.45, 2.75) is 18.9 Å². The summed E-state index contributed by atoms with van der Waals surface area (Å²) in [6.45, 7) is 1.34. The second-order valence-corrected chi connectivity index (χ2v) is 3.74. The number of carbonyl (C=O) groups is 2. The Hall–Kier alpha value is -1.84. The van der Waals surface area contributed by atoms with E-state index in [9.17, 15) is 14.7 Å². The van der Waals surface area contributed by atoms with E-state index < -0.39 is 17.5 Å². The van der Waals surface area contributed by atoms with Gasteiger partial charge >= 0.3 is 5.97 Å². The lowest BCUT2D eigenvalue weighted by atomic mass is 9.90. The van der Waals surface area contributed by atoms with Crippen LogP contribution in [0.3, 0.4) is 0 Å². The molecule has 0 saturated heterocycles. The van der Waals surface area contributed by atoms with Gasteiger partial charge in [0.1, 0.15) is 0 Å². The molecule has 0 saturated carbocycles. The highest BCUT2D eigenvalue weighted by atomic mass is 16.6. The summed E-state index contributed by atoms with van der Waals surface area (Å²) in [5, 5.41) is 10.8. The zero-order valence-electron chi connectivity index (χ0n) is 8.15. The second kappa shape index (κ2) is 3.08. The molecule has 0 aromatic heterocycles. The van der Waals surface area contributed by atoms with Crippen molar-refractivity contribution < 1.29 is 19.4 Å². The van der Waals surface area contributed by atoms with Gasteiger partial charge in [0.15, 0.2) is 5.60 Å². The van der Waals surface area contributed by atoms with Gasteiger partial charge in [0, 0.05) is 6.42 Å². The first-order valence-corrected chi connectivity index (χ1v) is 4.56. The first-order valence-electron chi connectivity index (χ1n) is 4.56. The van der Waals surface area contributed by atoms with Crippen molar-refractivity contribution in [1.29, 1.82) is 0 Å². The van der Waals surface area contributed by atoms with Gasteiger partial charge in [0.05, 0.1) is 11.5 Å². The van der Waals surface area contributed by atoms with Crippen molar-refractivity contribution in [2.24, 2.45) is 0 Å². The van der Waals surface area contributed by atoms with Crippen molar-refractivity contribution in [3.8, 4) is 0 Å². The fraction of sp³-hybridized carbons (Fsp3) is 0.273. The van der Waals surface area contributed by atoms with Crippen molar-refractivity contribution in [3.63, 3.8) is 0 Å². The summed E-state index contributed by atoms with van der Waals surface area (Å²) in [5.74, 6) is -1.98. The van der Waals surface area contributed by atoms with Crippen LogP contribution in [0.5, 0.6) is 0 Å². The SMILES string of the molecule is C[C@]1(C(=O)[O-])Cc2ccccc2C(=O)O1. The monoisotopic (exact) mass is 205 g/mol. The molecule has 1 heterocycles. The van der Waals surface area contributed by atoms with E-state index in [0.29, 0.717) is 11.1 Å².